The van der Waals surface area contributed by atoms with Gasteiger partial charge in [0.15, 0.2) is 6.61 Å². The predicted molar refractivity (Wildman–Crippen MR) is 106 cm³/mol. The average molecular weight is 413 g/mol. The highest BCUT2D eigenvalue weighted by Crippen LogP contribution is 2.27. The number of non-ortho nitro benzene ring substituents is 1. The van der Waals surface area contributed by atoms with Gasteiger partial charge in [-0.2, -0.15) is 0 Å². The second-order valence-corrected chi connectivity index (χ2v) is 6.57. The normalized spacial score (nSPS) is 15.6. The van der Waals surface area contributed by atoms with Crippen LogP contribution in [0.2, 0.25) is 0 Å². The van der Waals surface area contributed by atoms with E-state index in [1.54, 1.807) is 24.3 Å². The average Bonchev–Trinajstić information content (AvgIpc) is 3.14. The maximum Gasteiger partial charge on any atom is 0.311 e. The molecule has 0 spiro atoms. The second kappa shape index (κ2) is 9.03. The summed E-state index contributed by atoms with van der Waals surface area (Å²) in [6.07, 6.45) is -0.0165. The third kappa shape index (κ3) is 4.90. The first kappa shape index (κ1) is 20.8. The van der Waals surface area contributed by atoms with Crippen LogP contribution in [-0.2, 0) is 19.1 Å². The highest BCUT2D eigenvalue weighted by atomic mass is 16.6. The first-order chi connectivity index (χ1) is 14.4. The molecule has 0 radical (unpaired) electrons. The number of anilines is 2. The molecule has 10 heteroatoms. The summed E-state index contributed by atoms with van der Waals surface area (Å²) in [5.74, 6) is -1.56. The van der Waals surface area contributed by atoms with Crippen LogP contribution in [0.15, 0.2) is 48.5 Å². The molecule has 3 rings (SSSR count). The molecular formula is C20H19N3O7. The number of amides is 2. The fourth-order valence-electron chi connectivity index (χ4n) is 3.03. The van der Waals surface area contributed by atoms with Crippen molar-refractivity contribution >= 4 is 34.8 Å². The summed E-state index contributed by atoms with van der Waals surface area (Å²) in [6, 6.07) is 12.3. The number of nitro groups is 1. The number of rotatable bonds is 7. The van der Waals surface area contributed by atoms with Gasteiger partial charge in [0, 0.05) is 36.5 Å². The van der Waals surface area contributed by atoms with Crippen LogP contribution in [0.3, 0.4) is 0 Å². The van der Waals surface area contributed by atoms with Gasteiger partial charge < -0.3 is 19.7 Å². The van der Waals surface area contributed by atoms with E-state index in [1.807, 2.05) is 0 Å². The van der Waals surface area contributed by atoms with E-state index in [4.69, 9.17) is 9.47 Å². The molecule has 1 fully saturated rings. The molecule has 1 aliphatic rings. The number of nitrogens with zero attached hydrogens (tertiary/aromatic N) is 2. The van der Waals surface area contributed by atoms with E-state index in [0.717, 1.165) is 0 Å². The van der Waals surface area contributed by atoms with Crippen molar-refractivity contribution in [3.8, 4) is 5.75 Å². The summed E-state index contributed by atoms with van der Waals surface area (Å²) in [4.78, 5) is 48.2. The lowest BCUT2D eigenvalue weighted by atomic mass is 10.1. The summed E-state index contributed by atoms with van der Waals surface area (Å²) in [5, 5.41) is 13.2. The number of ether oxygens (including phenoxy) is 2. The molecule has 0 saturated carbocycles. The first-order valence-electron chi connectivity index (χ1n) is 9.02. The van der Waals surface area contributed by atoms with E-state index in [1.165, 1.54) is 36.3 Å². The Morgan fingerprint density at radius 3 is 2.63 bits per heavy atom. The Morgan fingerprint density at radius 2 is 1.97 bits per heavy atom. The zero-order valence-electron chi connectivity index (χ0n) is 16.1. The van der Waals surface area contributed by atoms with Gasteiger partial charge in [-0.3, -0.25) is 24.5 Å². The van der Waals surface area contributed by atoms with Gasteiger partial charge in [0.2, 0.25) is 5.91 Å². The highest BCUT2D eigenvalue weighted by Gasteiger charge is 2.36. The Kier molecular flexibility index (Phi) is 6.26. The van der Waals surface area contributed by atoms with Gasteiger partial charge in [0.05, 0.1) is 18.0 Å². The molecule has 2 amide bonds. The maximum absolute atomic E-state index is 12.3. The fourth-order valence-corrected chi connectivity index (χ4v) is 3.03. The van der Waals surface area contributed by atoms with Crippen LogP contribution in [0.4, 0.5) is 17.1 Å². The van der Waals surface area contributed by atoms with Crippen LogP contribution in [-0.4, -0.2) is 43.0 Å². The molecule has 0 bridgehead atoms. The minimum absolute atomic E-state index is 0.0165. The third-order valence-electron chi connectivity index (χ3n) is 4.53. The lowest BCUT2D eigenvalue weighted by Crippen LogP contribution is -2.28. The summed E-state index contributed by atoms with van der Waals surface area (Å²) in [5.41, 5.74) is 0.680. The van der Waals surface area contributed by atoms with Crippen molar-refractivity contribution in [1.82, 2.24) is 0 Å². The van der Waals surface area contributed by atoms with Crippen molar-refractivity contribution in [2.45, 2.75) is 6.42 Å². The summed E-state index contributed by atoms with van der Waals surface area (Å²) in [7, 11) is 1.54. The van der Waals surface area contributed by atoms with E-state index < -0.39 is 29.3 Å². The van der Waals surface area contributed by atoms with Crippen molar-refractivity contribution in [1.29, 1.82) is 0 Å². The quantitative estimate of drug-likeness (QED) is 0.418. The topological polar surface area (TPSA) is 128 Å². The van der Waals surface area contributed by atoms with Gasteiger partial charge in [-0.25, -0.2) is 0 Å². The Hall–Kier alpha value is -3.95. The second-order valence-electron chi connectivity index (χ2n) is 6.57. The van der Waals surface area contributed by atoms with Crippen LogP contribution in [0, 0.1) is 16.0 Å². The minimum Gasteiger partial charge on any atom is -0.497 e. The van der Waals surface area contributed by atoms with Gasteiger partial charge in [0.25, 0.3) is 11.6 Å². The Labute approximate surface area is 171 Å². The number of benzene rings is 2. The molecule has 1 aliphatic heterocycles. The van der Waals surface area contributed by atoms with Crippen LogP contribution in [0.1, 0.15) is 6.42 Å². The summed E-state index contributed by atoms with van der Waals surface area (Å²) in [6.45, 7) is -0.411. The van der Waals surface area contributed by atoms with E-state index in [2.05, 4.69) is 5.32 Å². The summed E-state index contributed by atoms with van der Waals surface area (Å²) < 4.78 is 10.1. The fraction of sp³-hybridized carbons (Fsp3) is 0.250. The number of carbonyl (C=O) groups excluding carboxylic acids is 3. The Morgan fingerprint density at radius 1 is 1.23 bits per heavy atom. The molecular weight excluding hydrogens is 394 g/mol. The van der Waals surface area contributed by atoms with Crippen LogP contribution >= 0.6 is 0 Å². The molecule has 0 aromatic heterocycles. The third-order valence-corrected chi connectivity index (χ3v) is 4.53. The molecule has 1 saturated heterocycles. The lowest BCUT2D eigenvalue weighted by molar-refractivity contribution is -0.384. The molecule has 30 heavy (non-hydrogen) atoms. The zero-order chi connectivity index (χ0) is 21.7. The van der Waals surface area contributed by atoms with Gasteiger partial charge >= 0.3 is 5.97 Å². The van der Waals surface area contributed by atoms with Crippen LogP contribution in [0.5, 0.6) is 5.75 Å². The zero-order valence-corrected chi connectivity index (χ0v) is 16.1. The molecule has 2 aromatic rings. The molecule has 0 unspecified atom stereocenters. The van der Waals surface area contributed by atoms with E-state index in [0.29, 0.717) is 11.4 Å². The number of esters is 1. The number of nitrogens with one attached hydrogen (secondary N) is 1. The number of methoxy groups -OCH3 is 1. The van der Waals surface area contributed by atoms with E-state index >= 15 is 0 Å². The maximum atomic E-state index is 12.3. The van der Waals surface area contributed by atoms with E-state index in [9.17, 15) is 24.5 Å². The van der Waals surface area contributed by atoms with Gasteiger partial charge in [-0.1, -0.05) is 6.07 Å². The van der Waals surface area contributed by atoms with E-state index in [-0.39, 0.29) is 30.2 Å². The van der Waals surface area contributed by atoms with Crippen molar-refractivity contribution in [3.63, 3.8) is 0 Å². The van der Waals surface area contributed by atoms with Crippen molar-refractivity contribution in [2.24, 2.45) is 5.92 Å². The minimum atomic E-state index is -0.690. The molecule has 10 nitrogen and oxygen atoms in total. The Bertz CT molecular complexity index is 975. The van der Waals surface area contributed by atoms with Gasteiger partial charge in [-0.15, -0.1) is 0 Å². The Balaban J connectivity index is 1.52. The SMILES string of the molecule is COc1ccc(N2C[C@@H](C(=O)OCC(=O)Nc3cccc([N+](=O)[O-])c3)CC2=O)cc1. The monoisotopic (exact) mass is 413 g/mol. The van der Waals surface area contributed by atoms with Gasteiger partial charge in [-0.05, 0) is 30.3 Å². The molecule has 1 heterocycles. The number of carbonyl (C=O) groups is 3. The lowest BCUT2D eigenvalue weighted by Gasteiger charge is -2.16. The summed E-state index contributed by atoms with van der Waals surface area (Å²) >= 11 is 0. The predicted octanol–water partition coefficient (Wildman–Crippen LogP) is 2.14. The number of hydrogen-bond donors (Lipinski definition) is 1. The van der Waals surface area contributed by atoms with Crippen molar-refractivity contribution < 1.29 is 28.8 Å². The highest BCUT2D eigenvalue weighted by molar-refractivity contribution is 6.00. The largest absolute Gasteiger partial charge is 0.497 e. The van der Waals surface area contributed by atoms with Crippen LogP contribution in [0.25, 0.3) is 0 Å². The number of nitro benzene ring substituents is 1. The molecule has 1 N–H and O–H groups in total. The van der Waals surface area contributed by atoms with Crippen molar-refractivity contribution in [2.75, 3.05) is 30.5 Å². The van der Waals surface area contributed by atoms with Gasteiger partial charge in [0.1, 0.15) is 5.75 Å². The smallest absolute Gasteiger partial charge is 0.311 e. The van der Waals surface area contributed by atoms with Crippen molar-refractivity contribution in [3.05, 3.63) is 58.6 Å². The first-order valence-corrected chi connectivity index (χ1v) is 9.02. The standard InChI is InChI=1S/C20H19N3O7/c1-29-17-7-5-15(6-8-17)22-11-13(9-19(22)25)20(26)30-12-18(24)21-14-3-2-4-16(10-14)23(27)28/h2-8,10,13H,9,11-12H2,1H3,(H,21,24)/t13-/m0/s1. The van der Waals surface area contributed by atoms with Crippen LogP contribution < -0.4 is 15.0 Å². The molecule has 156 valence electrons. The molecule has 2 aromatic carbocycles. The molecule has 0 aliphatic carbocycles. The molecule has 1 atom stereocenters. The number of hydrogen-bond acceptors (Lipinski definition) is 7.